The van der Waals surface area contributed by atoms with Crippen LogP contribution in [-0.4, -0.2) is 41.0 Å². The number of carbonyl (C=O) groups excluding carboxylic acids is 1. The number of nitrogens with zero attached hydrogens (tertiary/aromatic N) is 3. The molecule has 1 aliphatic rings. The summed E-state index contributed by atoms with van der Waals surface area (Å²) in [4.78, 5) is 34.8. The molecule has 0 aromatic heterocycles. The van der Waals surface area contributed by atoms with Gasteiger partial charge in [0.25, 0.3) is 16.0 Å². The molecule has 0 saturated carbocycles. The molecule has 3 aromatic rings. The zero-order chi connectivity index (χ0) is 29.9. The summed E-state index contributed by atoms with van der Waals surface area (Å²) < 4.78 is 33.5. The van der Waals surface area contributed by atoms with Gasteiger partial charge in [-0.1, -0.05) is 24.3 Å². The van der Waals surface area contributed by atoms with Crippen molar-refractivity contribution < 1.29 is 37.6 Å². The second-order valence-corrected chi connectivity index (χ2v) is 10.5. The van der Waals surface area contributed by atoms with Crippen LogP contribution in [-0.2, 0) is 26.1 Å². The summed E-state index contributed by atoms with van der Waals surface area (Å²) in [7, 11) is -4.54. The van der Waals surface area contributed by atoms with Crippen LogP contribution in [0.1, 0.15) is 28.8 Å². The van der Waals surface area contributed by atoms with Gasteiger partial charge < -0.3 is 15.9 Å². The number of fused-ring (bicyclic) bond motifs is 1. The smallest absolute Gasteiger partial charge is 0.318 e. The van der Waals surface area contributed by atoms with Crippen molar-refractivity contribution in [2.45, 2.75) is 24.2 Å². The maximum absolute atomic E-state index is 12.9. The minimum Gasteiger partial charge on any atom is -0.481 e. The first-order valence-corrected chi connectivity index (χ1v) is 13.6. The number of carboxylic acid groups (broad SMARTS) is 2. The Balaban J connectivity index is 1.51. The molecule has 0 radical (unpaired) electrons. The molecule has 0 bridgehead atoms. The molecule has 4 rings (SSSR count). The summed E-state index contributed by atoms with van der Waals surface area (Å²) in [5.41, 5.74) is 7.72. The van der Waals surface area contributed by atoms with Gasteiger partial charge in [-0.3, -0.25) is 18.9 Å². The second kappa shape index (κ2) is 11.7. The van der Waals surface area contributed by atoms with E-state index < -0.39 is 33.9 Å². The molecular weight excluding hydrogens is 554 g/mol. The highest BCUT2D eigenvalue weighted by molar-refractivity contribution is 7.85. The van der Waals surface area contributed by atoms with Crippen molar-refractivity contribution in [1.29, 1.82) is 0 Å². The van der Waals surface area contributed by atoms with Gasteiger partial charge in [0.05, 0.1) is 17.1 Å². The number of benzene rings is 3. The Labute approximate surface area is 233 Å². The number of azo groups is 1. The minimum absolute atomic E-state index is 0.0534. The average molecular weight is 580 g/mol. The molecule has 0 atom stereocenters. The molecule has 0 aliphatic heterocycles. The van der Waals surface area contributed by atoms with E-state index in [1.54, 1.807) is 12.2 Å². The van der Waals surface area contributed by atoms with Crippen LogP contribution in [0.3, 0.4) is 0 Å². The Bertz CT molecular complexity index is 1770. The topological polar surface area (TPSA) is 226 Å². The Hall–Kier alpha value is -4.92. The Morgan fingerprint density at radius 1 is 0.902 bits per heavy atom. The fraction of sp³-hybridized carbons (Fsp3) is 0.148. The van der Waals surface area contributed by atoms with Gasteiger partial charge in [-0.2, -0.15) is 13.5 Å². The molecule has 0 spiro atoms. The lowest BCUT2D eigenvalue weighted by molar-refractivity contribution is -0.154. The maximum Gasteiger partial charge on any atom is 0.318 e. The van der Waals surface area contributed by atoms with Crippen molar-refractivity contribution in [1.82, 2.24) is 0 Å². The number of rotatable bonds is 9. The van der Waals surface area contributed by atoms with Gasteiger partial charge >= 0.3 is 11.9 Å². The third-order valence-corrected chi connectivity index (χ3v) is 7.28. The minimum atomic E-state index is -4.54. The molecule has 41 heavy (non-hydrogen) atoms. The molecule has 7 N–H and O–H groups in total. The molecule has 0 heterocycles. The van der Waals surface area contributed by atoms with E-state index >= 15 is 0 Å². The zero-order valence-electron chi connectivity index (χ0n) is 21.3. The highest BCUT2D eigenvalue weighted by atomic mass is 32.2. The number of anilines is 2. The number of carboxylic acids is 2. The van der Waals surface area contributed by atoms with Crippen molar-refractivity contribution >= 4 is 62.9 Å². The van der Waals surface area contributed by atoms with Gasteiger partial charge in [0.2, 0.25) is 0 Å². The average Bonchev–Trinajstić information content (AvgIpc) is 2.94. The van der Waals surface area contributed by atoms with Crippen LogP contribution >= 0.6 is 0 Å². The van der Waals surface area contributed by atoms with Gasteiger partial charge in [-0.25, -0.2) is 10.9 Å². The van der Waals surface area contributed by atoms with E-state index in [9.17, 15) is 27.4 Å². The van der Waals surface area contributed by atoms with Crippen molar-refractivity contribution in [3.63, 3.8) is 0 Å². The van der Waals surface area contributed by atoms with Crippen molar-refractivity contribution in [2.75, 3.05) is 10.7 Å². The fourth-order valence-electron chi connectivity index (χ4n) is 4.22. The summed E-state index contributed by atoms with van der Waals surface area (Å²) in [6.07, 6.45) is 4.48. The van der Waals surface area contributed by atoms with E-state index in [1.807, 2.05) is 0 Å². The summed E-state index contributed by atoms with van der Waals surface area (Å²) in [5.74, 6) is 0.902. The van der Waals surface area contributed by atoms with E-state index in [4.69, 9.17) is 21.8 Å². The maximum atomic E-state index is 12.9. The number of nitrogen functional groups attached to an aromatic ring is 1. The van der Waals surface area contributed by atoms with E-state index in [0.717, 1.165) is 11.1 Å². The molecule has 0 fully saturated rings. The highest BCUT2D eigenvalue weighted by Gasteiger charge is 2.26. The molecule has 13 nitrogen and oxygen atoms in total. The fourth-order valence-corrected chi connectivity index (χ4v) is 4.96. The van der Waals surface area contributed by atoms with Gasteiger partial charge in [-0.05, 0) is 67.3 Å². The third kappa shape index (κ3) is 6.46. The predicted molar refractivity (Wildman–Crippen MR) is 149 cm³/mol. The normalized spacial score (nSPS) is 12.9. The van der Waals surface area contributed by atoms with Gasteiger partial charge in [-0.15, -0.1) is 5.11 Å². The Morgan fingerprint density at radius 3 is 2.05 bits per heavy atom. The summed E-state index contributed by atoms with van der Waals surface area (Å²) >= 11 is 0. The lowest BCUT2D eigenvalue weighted by atomic mass is 9.99. The van der Waals surface area contributed by atoms with Crippen LogP contribution < -0.4 is 27.0 Å². The van der Waals surface area contributed by atoms with Crippen LogP contribution in [0.15, 0.2) is 69.7 Å². The Kier molecular flexibility index (Phi) is 8.28. The first kappa shape index (κ1) is 29.1. The largest absolute Gasteiger partial charge is 0.481 e. The highest BCUT2D eigenvalue weighted by Crippen LogP contribution is 2.25. The summed E-state index contributed by atoms with van der Waals surface area (Å²) in [6, 6.07) is 13.0. The lowest BCUT2D eigenvalue weighted by Crippen LogP contribution is -2.37. The van der Waals surface area contributed by atoms with Crippen LogP contribution in [0.5, 0.6) is 0 Å². The van der Waals surface area contributed by atoms with E-state index in [1.165, 1.54) is 48.5 Å². The van der Waals surface area contributed by atoms with E-state index in [2.05, 4.69) is 10.2 Å². The third-order valence-electron chi connectivity index (χ3n) is 6.39. The molecule has 212 valence electrons. The molecule has 0 unspecified atom stereocenters. The van der Waals surface area contributed by atoms with Crippen molar-refractivity contribution in [3.05, 3.63) is 76.2 Å². The zero-order valence-corrected chi connectivity index (χ0v) is 22.2. The first-order valence-electron chi connectivity index (χ1n) is 12.1. The number of amides is 1. The molecule has 0 saturated heterocycles. The number of nitrogens with two attached hydrogens (primary N) is 2. The quantitative estimate of drug-likeness (QED) is 0.0472. The molecule has 1 aliphatic carbocycles. The number of carbonyl (C=O) groups is 3. The number of aliphatic carboxylic acids is 2. The van der Waals surface area contributed by atoms with Crippen LogP contribution in [0.4, 0.5) is 22.7 Å². The van der Waals surface area contributed by atoms with Crippen molar-refractivity contribution in [2.24, 2.45) is 22.0 Å². The predicted octanol–water partition coefficient (Wildman–Crippen LogP) is 2.13. The second-order valence-electron chi connectivity index (χ2n) is 9.12. The monoisotopic (exact) mass is 579 g/mol. The van der Waals surface area contributed by atoms with E-state index in [0.29, 0.717) is 34.5 Å². The van der Waals surface area contributed by atoms with Gasteiger partial charge in [0.1, 0.15) is 10.6 Å². The summed E-state index contributed by atoms with van der Waals surface area (Å²) in [5, 5.41) is 27.9. The van der Waals surface area contributed by atoms with Crippen LogP contribution in [0.2, 0.25) is 0 Å². The number of hydrogen-bond acceptors (Lipinski definition) is 9. The molecule has 3 aromatic carbocycles. The van der Waals surface area contributed by atoms with E-state index in [-0.39, 0.29) is 33.9 Å². The van der Waals surface area contributed by atoms with Gasteiger partial charge in [0.15, 0.2) is 5.92 Å². The molecular formula is C27H25N5O8S. The number of hydrogen-bond donors (Lipinski definition) is 5. The number of hydrazine groups is 1. The van der Waals surface area contributed by atoms with Crippen molar-refractivity contribution in [3.8, 4) is 0 Å². The lowest BCUT2D eigenvalue weighted by Gasteiger charge is -2.17. The standard InChI is InChI=1S/C27H25N5O8S/c28-24-20-4-2-1-3-19(20)23(41(38,39)40)14-22(24)31-30-17-9-7-16(8-10-17)25(33)32(29)18-11-5-15(6-12-18)13-21(26(34)35)27(36)37/h3-12,14,21H,1-2,13,28-29H2,(H,34,35)(H,36,37)(H,38,39,40)/b31-30+. The van der Waals surface area contributed by atoms with Gasteiger partial charge in [0, 0.05) is 16.0 Å². The Morgan fingerprint density at radius 2 is 1.49 bits per heavy atom. The summed E-state index contributed by atoms with van der Waals surface area (Å²) in [6.45, 7) is 0. The molecule has 1 amide bonds. The molecule has 14 heteroatoms. The first-order chi connectivity index (χ1) is 19.4. The van der Waals surface area contributed by atoms with Crippen LogP contribution in [0, 0.1) is 5.92 Å². The SMILES string of the molecule is Nc1c(/N=N/c2ccc(C(=O)N(N)c3ccc(CC(C(=O)O)C(=O)O)cc3)cc2)cc(S(=O)(=O)O)c2c1=CCCC=2. The van der Waals surface area contributed by atoms with Crippen LogP contribution in [0.25, 0.3) is 12.2 Å².